The van der Waals surface area contributed by atoms with E-state index < -0.39 is 45.9 Å². The van der Waals surface area contributed by atoms with E-state index in [9.17, 15) is 18.0 Å². The summed E-state index contributed by atoms with van der Waals surface area (Å²) >= 11 is 5.86. The van der Waals surface area contributed by atoms with Crippen molar-refractivity contribution in [3.63, 3.8) is 0 Å². The van der Waals surface area contributed by atoms with Gasteiger partial charge in [-0.05, 0) is 86.4 Å². The standard InChI is InChI=1S/C19H28O8.C12H13ClN4.C12H14N4O4S/c1-10-4-5-13-11(2)16(23-15(22)7-6-14(20)21)24-17-19(13)12(10)8-9-18(3,25-17)26-27-19;1-2-9-10(11(14)17-12(15)16-9)7-3-5-8(13)6-4-7;1-19-10-11(14-7-15-12(10)20-2)16-21(17,18)9-5-3-8(13)4-6-9/h10-13,16-17H,4-9H2,1-3H3,(H,20,21);3-6H,2H2,1H3,(H4,14,15,16,17);3-7H,13H2,1-2H3,(H,14,15,16)/t10-,11-,12+,13+,16-,17-,18-,19-;;/m1../s1. The minimum atomic E-state index is -3.82. The Hall–Kier alpha value is -5.58. The number of aliphatic carboxylic acids is 1. The van der Waals surface area contributed by atoms with Crippen LogP contribution in [0.5, 0.6) is 11.6 Å². The lowest BCUT2D eigenvalue weighted by Crippen LogP contribution is -2.70. The van der Waals surface area contributed by atoms with Gasteiger partial charge in [-0.3, -0.25) is 14.3 Å². The molecule has 352 valence electrons. The Morgan fingerprint density at radius 2 is 1.65 bits per heavy atom. The number of carbonyl (C=O) groups is 2. The second-order valence-corrected chi connectivity index (χ2v) is 18.4. The second kappa shape index (κ2) is 20.3. The van der Waals surface area contributed by atoms with E-state index in [0.717, 1.165) is 42.5 Å². The molecule has 2 aromatic carbocycles. The maximum absolute atomic E-state index is 12.3. The van der Waals surface area contributed by atoms with Crippen LogP contribution in [-0.4, -0.2) is 83.6 Å². The summed E-state index contributed by atoms with van der Waals surface area (Å²) in [5.74, 6) is -1.01. The van der Waals surface area contributed by atoms with E-state index in [1.807, 2.05) is 45.0 Å². The molecule has 20 nitrogen and oxygen atoms in total. The van der Waals surface area contributed by atoms with Gasteiger partial charge in [-0.2, -0.15) is 9.97 Å². The lowest BCUT2D eigenvalue weighted by Gasteiger charge is -2.59. The molecule has 0 radical (unpaired) electrons. The van der Waals surface area contributed by atoms with Crippen LogP contribution < -0.4 is 31.4 Å². The van der Waals surface area contributed by atoms with Gasteiger partial charge in [0.15, 0.2) is 17.7 Å². The van der Waals surface area contributed by atoms with Crippen LogP contribution in [0.4, 0.5) is 23.3 Å². The number of hydrogen-bond acceptors (Lipinski definition) is 18. The average Bonchev–Trinajstić information content (AvgIpc) is 3.50. The number of esters is 1. The van der Waals surface area contributed by atoms with Crippen LogP contribution >= 0.6 is 11.6 Å². The number of nitrogens with two attached hydrogens (primary N) is 3. The molecule has 22 heteroatoms. The molecule has 8 N–H and O–H groups in total. The number of nitrogens with zero attached hydrogens (tertiary/aromatic N) is 4. The third kappa shape index (κ3) is 10.8. The Bertz CT molecular complexity index is 2440. The number of carbonyl (C=O) groups excluding carboxylic acids is 1. The summed E-state index contributed by atoms with van der Waals surface area (Å²) in [4.78, 5) is 50.5. The third-order valence-electron chi connectivity index (χ3n) is 12.0. The largest absolute Gasteiger partial charge is 0.489 e. The van der Waals surface area contributed by atoms with E-state index in [-0.39, 0.29) is 58.9 Å². The first-order chi connectivity index (χ1) is 30.8. The number of nitrogen functional groups attached to an aromatic ring is 3. The van der Waals surface area contributed by atoms with Gasteiger partial charge in [0.05, 0.1) is 37.7 Å². The zero-order chi connectivity index (χ0) is 47.3. The van der Waals surface area contributed by atoms with Gasteiger partial charge >= 0.3 is 11.9 Å². The van der Waals surface area contributed by atoms with E-state index in [1.54, 1.807) is 0 Å². The molecule has 4 aliphatic heterocycles. The number of carboxylic acids is 1. The number of methoxy groups -OCH3 is 2. The molecule has 0 amide bonds. The van der Waals surface area contributed by atoms with Gasteiger partial charge in [-0.25, -0.2) is 28.2 Å². The minimum absolute atomic E-state index is 0.0128. The van der Waals surface area contributed by atoms with Gasteiger partial charge in [0.2, 0.25) is 23.8 Å². The summed E-state index contributed by atoms with van der Waals surface area (Å²) < 4.78 is 54.7. The van der Waals surface area contributed by atoms with E-state index in [1.165, 1.54) is 44.8 Å². The normalized spacial score (nSPS) is 26.4. The SMILES string of the molecule is CCc1nc(N)nc(N)c1-c1ccc(Cl)cc1.COc1ncnc(NS(=O)(=O)c2ccc(N)cc2)c1OC.C[C@H]1[C@H](OC(=O)CCC(=O)O)O[C@@H]2O[C@@]3(C)CC[C@H]4[C@H](C)CC[C@@H]1[C@@]24OO3. The number of rotatable bonds is 11. The van der Waals surface area contributed by atoms with Crippen LogP contribution in [0.3, 0.4) is 0 Å². The molecule has 5 fully saturated rings. The second-order valence-electron chi connectivity index (χ2n) is 16.2. The zero-order valence-corrected chi connectivity index (χ0v) is 38.4. The fraction of sp³-hybridized carbons (Fsp3) is 0.488. The van der Waals surface area contributed by atoms with Crippen molar-refractivity contribution in [1.29, 1.82) is 0 Å². The Labute approximate surface area is 381 Å². The fourth-order valence-corrected chi connectivity index (χ4v) is 9.87. The third-order valence-corrected chi connectivity index (χ3v) is 13.6. The first-order valence-electron chi connectivity index (χ1n) is 20.9. The Morgan fingerprint density at radius 1 is 0.938 bits per heavy atom. The number of carboxylic acid groups (broad SMARTS) is 1. The molecule has 2 aromatic heterocycles. The van der Waals surface area contributed by atoms with Crippen LogP contribution in [0.1, 0.15) is 71.9 Å². The predicted octanol–water partition coefficient (Wildman–Crippen LogP) is 6.00. The summed E-state index contributed by atoms with van der Waals surface area (Å²) in [5.41, 5.74) is 19.4. The Morgan fingerprint density at radius 3 is 2.29 bits per heavy atom. The van der Waals surface area contributed by atoms with Crippen molar-refractivity contribution in [3.8, 4) is 22.8 Å². The molecule has 65 heavy (non-hydrogen) atoms. The number of fused-ring (bicyclic) bond motifs is 2. The number of ether oxygens (including phenoxy) is 5. The quantitative estimate of drug-likeness (QED) is 0.0654. The Balaban J connectivity index is 0.000000166. The summed E-state index contributed by atoms with van der Waals surface area (Å²) in [6.45, 7) is 8.06. The van der Waals surface area contributed by atoms with E-state index in [4.69, 9.17) is 67.4 Å². The number of aromatic nitrogens is 4. The van der Waals surface area contributed by atoms with Gasteiger partial charge in [0, 0.05) is 34.5 Å². The molecule has 2 bridgehead atoms. The van der Waals surface area contributed by atoms with Crippen molar-refractivity contribution in [3.05, 3.63) is 65.6 Å². The molecule has 1 aliphatic carbocycles. The number of halogens is 1. The summed E-state index contributed by atoms with van der Waals surface area (Å²) in [6, 6.07) is 13.2. The summed E-state index contributed by atoms with van der Waals surface area (Å²) in [6.07, 6.45) is 3.63. The Kier molecular flexibility index (Phi) is 15.3. The number of aryl methyl sites for hydroxylation is 1. The summed E-state index contributed by atoms with van der Waals surface area (Å²) in [5, 5.41) is 9.44. The maximum Gasteiger partial charge on any atom is 0.308 e. The van der Waals surface area contributed by atoms with Crippen molar-refractivity contribution in [2.24, 2.45) is 23.7 Å². The number of sulfonamides is 1. The van der Waals surface area contributed by atoms with Crippen LogP contribution in [0.25, 0.3) is 11.1 Å². The monoisotopic (exact) mass is 942 g/mol. The van der Waals surface area contributed by atoms with Gasteiger partial charge in [-0.1, -0.05) is 44.5 Å². The molecular formula is C43H55ClN8O12S. The lowest BCUT2D eigenvalue weighted by molar-refractivity contribution is -0.576. The molecule has 4 saturated heterocycles. The molecule has 9 rings (SSSR count). The average molecular weight is 943 g/mol. The highest BCUT2D eigenvalue weighted by Gasteiger charge is 2.69. The highest BCUT2D eigenvalue weighted by molar-refractivity contribution is 7.92. The van der Waals surface area contributed by atoms with Crippen molar-refractivity contribution < 1.29 is 56.6 Å². The van der Waals surface area contributed by atoms with E-state index in [0.29, 0.717) is 28.9 Å². The number of benzene rings is 2. The minimum Gasteiger partial charge on any atom is -0.489 e. The molecule has 4 aromatic rings. The number of hydrogen-bond donors (Lipinski definition) is 5. The van der Waals surface area contributed by atoms with Gasteiger partial charge in [0.25, 0.3) is 15.9 Å². The van der Waals surface area contributed by atoms with Crippen LogP contribution in [0.2, 0.25) is 5.02 Å². The highest BCUT2D eigenvalue weighted by atomic mass is 35.5. The molecule has 1 spiro atoms. The predicted molar refractivity (Wildman–Crippen MR) is 237 cm³/mol. The van der Waals surface area contributed by atoms with Crippen molar-refractivity contribution >= 4 is 56.8 Å². The number of nitrogens with one attached hydrogen (secondary N) is 1. The van der Waals surface area contributed by atoms with E-state index >= 15 is 0 Å². The molecule has 1 saturated carbocycles. The fourth-order valence-electron chi connectivity index (χ4n) is 8.73. The van der Waals surface area contributed by atoms with Gasteiger partial charge < -0.3 is 46.0 Å². The first kappa shape index (κ1) is 48.9. The lowest BCUT2D eigenvalue weighted by atomic mass is 9.58. The zero-order valence-electron chi connectivity index (χ0n) is 36.9. The van der Waals surface area contributed by atoms with Gasteiger partial charge in [0.1, 0.15) is 12.1 Å². The van der Waals surface area contributed by atoms with Crippen LogP contribution in [0.15, 0.2) is 59.8 Å². The molecule has 8 atom stereocenters. The first-order valence-corrected chi connectivity index (χ1v) is 22.8. The van der Waals surface area contributed by atoms with Crippen molar-refractivity contribution in [2.75, 3.05) is 36.1 Å². The molecule has 0 unspecified atom stereocenters. The molecule has 5 aliphatic rings. The molecular weight excluding hydrogens is 888 g/mol. The summed E-state index contributed by atoms with van der Waals surface area (Å²) in [7, 11) is -1.06. The highest BCUT2D eigenvalue weighted by Crippen LogP contribution is 2.60. The topological polar surface area (TPSA) is 295 Å². The van der Waals surface area contributed by atoms with E-state index in [2.05, 4.69) is 31.6 Å². The van der Waals surface area contributed by atoms with Crippen LogP contribution in [-0.2, 0) is 50.0 Å². The van der Waals surface area contributed by atoms with Crippen LogP contribution in [0, 0.1) is 23.7 Å². The molecule has 6 heterocycles. The van der Waals surface area contributed by atoms with Crippen molar-refractivity contribution in [2.45, 2.75) is 102 Å². The smallest absolute Gasteiger partial charge is 0.308 e. The van der Waals surface area contributed by atoms with Crippen molar-refractivity contribution in [1.82, 2.24) is 19.9 Å². The van der Waals surface area contributed by atoms with Gasteiger partial charge in [-0.15, -0.1) is 0 Å². The number of anilines is 4. The maximum atomic E-state index is 12.3.